The van der Waals surface area contributed by atoms with Gasteiger partial charge in [0.25, 0.3) is 5.91 Å². The molecule has 0 radical (unpaired) electrons. The van der Waals surface area contributed by atoms with E-state index in [2.05, 4.69) is 10.7 Å². The Balaban J connectivity index is 3.15. The monoisotopic (exact) mass is 289 g/mol. The summed E-state index contributed by atoms with van der Waals surface area (Å²) in [6, 6.07) is 3.10. The lowest BCUT2D eigenvalue weighted by molar-refractivity contribution is -0.137. The van der Waals surface area contributed by atoms with E-state index < -0.39 is 17.6 Å². The summed E-state index contributed by atoms with van der Waals surface area (Å²) in [5.41, 5.74) is 1.96. The molecule has 0 fully saturated rings. The number of rotatable bonds is 5. The molecule has 0 heterocycles. The molecule has 0 saturated carbocycles. The summed E-state index contributed by atoms with van der Waals surface area (Å²) < 4.78 is 38.1. The number of hydrogen-bond donors (Lipinski definition) is 2. The number of carbonyl (C=O) groups excluding carboxylic acids is 1. The van der Waals surface area contributed by atoms with Crippen LogP contribution < -0.4 is 10.7 Å². The zero-order chi connectivity index (χ0) is 15.3. The molecule has 0 aliphatic carbocycles. The van der Waals surface area contributed by atoms with E-state index in [1.54, 1.807) is 14.1 Å². The van der Waals surface area contributed by atoms with Crippen molar-refractivity contribution in [2.45, 2.75) is 19.5 Å². The minimum Gasteiger partial charge on any atom is -0.384 e. The third kappa shape index (κ3) is 4.41. The number of nitrogens with zero attached hydrogens (tertiary/aromatic N) is 1. The molecule has 0 aliphatic rings. The molecule has 0 saturated heterocycles. The van der Waals surface area contributed by atoms with Crippen LogP contribution in [0, 0.1) is 0 Å². The number of halogens is 3. The lowest BCUT2D eigenvalue weighted by Gasteiger charge is -2.17. The van der Waals surface area contributed by atoms with Crippen molar-refractivity contribution in [1.29, 1.82) is 0 Å². The fourth-order valence-corrected chi connectivity index (χ4v) is 1.59. The predicted molar refractivity (Wildman–Crippen MR) is 71.4 cm³/mol. The molecule has 0 aromatic heterocycles. The van der Waals surface area contributed by atoms with Crippen LogP contribution in [0.2, 0.25) is 0 Å². The quantitative estimate of drug-likeness (QED) is 0.819. The van der Waals surface area contributed by atoms with Crippen molar-refractivity contribution >= 4 is 11.6 Å². The van der Waals surface area contributed by atoms with E-state index in [1.807, 2.05) is 6.92 Å². The van der Waals surface area contributed by atoms with E-state index in [0.717, 1.165) is 18.6 Å². The third-order valence-electron chi connectivity index (χ3n) is 2.48. The van der Waals surface area contributed by atoms with Gasteiger partial charge in [-0.25, -0.2) is 5.01 Å². The minimum atomic E-state index is -4.48. The van der Waals surface area contributed by atoms with Gasteiger partial charge in [-0.15, -0.1) is 0 Å². The fraction of sp³-hybridized carbons (Fsp3) is 0.462. The van der Waals surface area contributed by atoms with Gasteiger partial charge in [0, 0.05) is 26.3 Å². The zero-order valence-electron chi connectivity index (χ0n) is 11.6. The molecule has 0 atom stereocenters. The highest BCUT2D eigenvalue weighted by Crippen LogP contribution is 2.31. The molecule has 1 aromatic rings. The van der Waals surface area contributed by atoms with E-state index in [-0.39, 0.29) is 5.56 Å². The molecule has 20 heavy (non-hydrogen) atoms. The van der Waals surface area contributed by atoms with E-state index in [4.69, 9.17) is 0 Å². The average molecular weight is 289 g/mol. The summed E-state index contributed by atoms with van der Waals surface area (Å²) in [6.07, 6.45) is -3.67. The first-order chi connectivity index (χ1) is 9.25. The molecule has 0 unspecified atom stereocenters. The summed E-state index contributed by atoms with van der Waals surface area (Å²) in [7, 11) is 3.18. The first-order valence-electron chi connectivity index (χ1n) is 6.19. The Kier molecular flexibility index (Phi) is 5.38. The largest absolute Gasteiger partial charge is 0.416 e. The van der Waals surface area contributed by atoms with Gasteiger partial charge in [-0.05, 0) is 24.6 Å². The van der Waals surface area contributed by atoms with Crippen molar-refractivity contribution < 1.29 is 18.0 Å². The molecule has 0 spiro atoms. The van der Waals surface area contributed by atoms with Gasteiger partial charge in [0.1, 0.15) is 0 Å². The number of hydrogen-bond acceptors (Lipinski definition) is 3. The molecule has 1 amide bonds. The summed E-state index contributed by atoms with van der Waals surface area (Å²) in [5.74, 6) is -0.584. The van der Waals surface area contributed by atoms with Crippen LogP contribution in [0.4, 0.5) is 18.9 Å². The topological polar surface area (TPSA) is 44.4 Å². The van der Waals surface area contributed by atoms with Gasteiger partial charge in [-0.2, -0.15) is 13.2 Å². The predicted octanol–water partition coefficient (Wildman–Crippen LogP) is 2.73. The first kappa shape index (κ1) is 16.3. The number of benzene rings is 1. The Morgan fingerprint density at radius 1 is 1.30 bits per heavy atom. The highest BCUT2D eigenvalue weighted by Gasteiger charge is 2.31. The number of anilines is 1. The number of hydrazine groups is 1. The maximum absolute atomic E-state index is 12.7. The van der Waals surface area contributed by atoms with Crippen molar-refractivity contribution in [3.8, 4) is 0 Å². The first-order valence-corrected chi connectivity index (χ1v) is 6.19. The number of alkyl halides is 3. The molecular formula is C13H18F3N3O. The van der Waals surface area contributed by atoms with Gasteiger partial charge in [0.15, 0.2) is 0 Å². The van der Waals surface area contributed by atoms with Crippen molar-refractivity contribution in [2.75, 3.05) is 26.0 Å². The second kappa shape index (κ2) is 6.60. The number of amides is 1. The molecule has 7 heteroatoms. The maximum Gasteiger partial charge on any atom is 0.416 e. The molecule has 1 rings (SSSR count). The van der Waals surface area contributed by atoms with Crippen molar-refractivity contribution in [3.63, 3.8) is 0 Å². The Morgan fingerprint density at radius 2 is 1.95 bits per heavy atom. The molecule has 1 aromatic carbocycles. The summed E-state index contributed by atoms with van der Waals surface area (Å²) in [6.45, 7) is 2.50. The Labute approximate surface area is 115 Å². The molecular weight excluding hydrogens is 271 g/mol. The van der Waals surface area contributed by atoms with Crippen LogP contribution in [0.15, 0.2) is 18.2 Å². The number of nitrogens with one attached hydrogen (secondary N) is 2. The van der Waals surface area contributed by atoms with Crippen LogP contribution in [0.25, 0.3) is 0 Å². The Bertz CT molecular complexity index is 472. The highest BCUT2D eigenvalue weighted by molar-refractivity contribution is 5.99. The van der Waals surface area contributed by atoms with E-state index >= 15 is 0 Å². The Morgan fingerprint density at radius 3 is 2.45 bits per heavy atom. The molecule has 2 N–H and O–H groups in total. The van der Waals surface area contributed by atoms with Gasteiger partial charge in [-0.3, -0.25) is 10.2 Å². The van der Waals surface area contributed by atoms with Crippen LogP contribution in [0.1, 0.15) is 29.3 Å². The second-order valence-electron chi connectivity index (χ2n) is 4.52. The standard InChI is InChI=1S/C13H18F3N3O/c1-4-7-17-11-6-5-9(13(14,15)16)8-10(11)12(20)18-19(2)3/h5-6,8,17H,4,7H2,1-3H3,(H,18,20). The van der Waals surface area contributed by atoms with Gasteiger partial charge in [0.05, 0.1) is 11.1 Å². The van der Waals surface area contributed by atoms with E-state index in [0.29, 0.717) is 12.2 Å². The average Bonchev–Trinajstić information content (AvgIpc) is 2.34. The highest BCUT2D eigenvalue weighted by atomic mass is 19.4. The minimum absolute atomic E-state index is 0.0259. The summed E-state index contributed by atoms with van der Waals surface area (Å²) in [4.78, 5) is 12.0. The SMILES string of the molecule is CCCNc1ccc(C(F)(F)F)cc1C(=O)NN(C)C. The maximum atomic E-state index is 12.7. The van der Waals surface area contributed by atoms with Gasteiger partial charge in [0.2, 0.25) is 0 Å². The van der Waals surface area contributed by atoms with Gasteiger partial charge < -0.3 is 5.32 Å². The smallest absolute Gasteiger partial charge is 0.384 e. The normalized spacial score (nSPS) is 11.6. The molecule has 0 aliphatic heterocycles. The van der Waals surface area contributed by atoms with Crippen LogP contribution in [0.3, 0.4) is 0 Å². The van der Waals surface area contributed by atoms with E-state index in [1.165, 1.54) is 11.1 Å². The summed E-state index contributed by atoms with van der Waals surface area (Å²) >= 11 is 0. The number of carbonyl (C=O) groups is 1. The van der Waals surface area contributed by atoms with Crippen molar-refractivity contribution in [3.05, 3.63) is 29.3 Å². The van der Waals surface area contributed by atoms with Crippen molar-refractivity contribution in [1.82, 2.24) is 10.4 Å². The van der Waals surface area contributed by atoms with Gasteiger partial charge >= 0.3 is 6.18 Å². The van der Waals surface area contributed by atoms with Gasteiger partial charge in [-0.1, -0.05) is 6.92 Å². The fourth-order valence-electron chi connectivity index (χ4n) is 1.59. The van der Waals surface area contributed by atoms with Crippen LogP contribution in [0.5, 0.6) is 0 Å². The van der Waals surface area contributed by atoms with Crippen LogP contribution in [-0.2, 0) is 6.18 Å². The molecule has 4 nitrogen and oxygen atoms in total. The molecule has 0 bridgehead atoms. The Hall–Kier alpha value is -1.76. The second-order valence-corrected chi connectivity index (χ2v) is 4.52. The van der Waals surface area contributed by atoms with Crippen LogP contribution >= 0.6 is 0 Å². The summed E-state index contributed by atoms with van der Waals surface area (Å²) in [5, 5.41) is 4.33. The lowest BCUT2D eigenvalue weighted by atomic mass is 10.1. The van der Waals surface area contributed by atoms with Crippen molar-refractivity contribution in [2.24, 2.45) is 0 Å². The third-order valence-corrected chi connectivity index (χ3v) is 2.48. The molecule has 112 valence electrons. The van der Waals surface area contributed by atoms with Crippen LogP contribution in [-0.4, -0.2) is 31.6 Å². The van der Waals surface area contributed by atoms with E-state index in [9.17, 15) is 18.0 Å². The zero-order valence-corrected chi connectivity index (χ0v) is 11.6. The lowest BCUT2D eigenvalue weighted by Crippen LogP contribution is -2.36.